The van der Waals surface area contributed by atoms with Crippen LogP contribution in [0.5, 0.6) is 0 Å². The number of hydrogen-bond acceptors (Lipinski definition) is 2. The lowest BCUT2D eigenvalue weighted by Crippen LogP contribution is -2.57. The molecule has 0 radical (unpaired) electrons. The molecule has 50 valence electrons. The summed E-state index contributed by atoms with van der Waals surface area (Å²) in [7, 11) is 0. The third kappa shape index (κ3) is 1.01. The maximum atomic E-state index is 12.0. The number of alkyl halides is 2. The molecule has 2 nitrogen and oxygen atoms in total. The molecule has 0 saturated heterocycles. The summed E-state index contributed by atoms with van der Waals surface area (Å²) in [6, 6.07) is 1.63. The van der Waals surface area contributed by atoms with E-state index in [2.05, 4.69) is 0 Å². The van der Waals surface area contributed by atoms with Gasteiger partial charge >= 0.3 is 0 Å². The summed E-state index contributed by atoms with van der Waals surface area (Å²) >= 11 is 0. The zero-order valence-corrected chi connectivity index (χ0v) is 4.69. The largest absolute Gasteiger partial charge is 0.313 e. The van der Waals surface area contributed by atoms with Gasteiger partial charge in [0.05, 0.1) is 6.07 Å². The van der Waals surface area contributed by atoms with Gasteiger partial charge in [-0.15, -0.1) is 0 Å². The molecule has 0 spiro atoms. The second-order valence-electron chi connectivity index (χ2n) is 2.48. The minimum Gasteiger partial charge on any atom is -0.313 e. The summed E-state index contributed by atoms with van der Waals surface area (Å²) in [4.78, 5) is 0. The van der Waals surface area contributed by atoms with Crippen LogP contribution in [0.1, 0.15) is 12.8 Å². The van der Waals surface area contributed by atoms with E-state index in [0.717, 1.165) is 0 Å². The van der Waals surface area contributed by atoms with Crippen molar-refractivity contribution in [2.45, 2.75) is 24.3 Å². The Balaban J connectivity index is 2.54. The van der Waals surface area contributed by atoms with Crippen molar-refractivity contribution in [2.75, 3.05) is 0 Å². The lowest BCUT2D eigenvalue weighted by Gasteiger charge is -2.38. The van der Waals surface area contributed by atoms with Gasteiger partial charge in [0, 0.05) is 12.8 Å². The van der Waals surface area contributed by atoms with Crippen molar-refractivity contribution >= 4 is 0 Å². The molecule has 0 aromatic rings. The minimum atomic E-state index is -2.69. The SMILES string of the molecule is N#CC1(N)CC(F)(F)C1. The van der Waals surface area contributed by atoms with Crippen molar-refractivity contribution in [2.24, 2.45) is 5.73 Å². The number of nitrogens with two attached hydrogens (primary N) is 1. The third-order valence-corrected chi connectivity index (χ3v) is 1.37. The fourth-order valence-electron chi connectivity index (χ4n) is 0.950. The highest BCUT2D eigenvalue weighted by Crippen LogP contribution is 2.43. The highest BCUT2D eigenvalue weighted by atomic mass is 19.3. The monoisotopic (exact) mass is 132 g/mol. The number of hydrogen-bond donors (Lipinski definition) is 1. The van der Waals surface area contributed by atoms with Crippen LogP contribution in [0.25, 0.3) is 0 Å². The first-order chi connectivity index (χ1) is 3.97. The molecule has 1 fully saturated rings. The molecule has 9 heavy (non-hydrogen) atoms. The van der Waals surface area contributed by atoms with E-state index in [-0.39, 0.29) is 0 Å². The van der Waals surface area contributed by atoms with Crippen molar-refractivity contribution in [3.8, 4) is 6.07 Å². The topological polar surface area (TPSA) is 49.8 Å². The predicted molar refractivity (Wildman–Crippen MR) is 26.7 cm³/mol. The van der Waals surface area contributed by atoms with Crippen LogP contribution >= 0.6 is 0 Å². The zero-order valence-electron chi connectivity index (χ0n) is 4.69. The summed E-state index contributed by atoms with van der Waals surface area (Å²) in [5.74, 6) is -2.69. The Morgan fingerprint density at radius 3 is 2.00 bits per heavy atom. The molecule has 2 N–H and O–H groups in total. The fraction of sp³-hybridized carbons (Fsp3) is 0.800. The molecule has 1 rings (SSSR count). The molecule has 0 aromatic carbocycles. The van der Waals surface area contributed by atoms with E-state index in [1.165, 1.54) is 0 Å². The highest BCUT2D eigenvalue weighted by molar-refractivity contribution is 5.16. The molecule has 1 aliphatic carbocycles. The first-order valence-corrected chi connectivity index (χ1v) is 2.55. The van der Waals surface area contributed by atoms with Crippen LogP contribution in [0.3, 0.4) is 0 Å². The molecule has 0 atom stereocenters. The molecular weight excluding hydrogens is 126 g/mol. The Morgan fingerprint density at radius 2 is 1.89 bits per heavy atom. The summed E-state index contributed by atoms with van der Waals surface area (Å²) in [5.41, 5.74) is 3.89. The quantitative estimate of drug-likeness (QED) is 0.525. The summed E-state index contributed by atoms with van der Waals surface area (Å²) in [6.45, 7) is 0. The van der Waals surface area contributed by atoms with Gasteiger partial charge in [-0.3, -0.25) is 0 Å². The minimum absolute atomic E-state index is 0.490. The fourth-order valence-corrected chi connectivity index (χ4v) is 0.950. The average molecular weight is 132 g/mol. The second kappa shape index (κ2) is 1.42. The number of nitrogens with zero attached hydrogens (tertiary/aromatic N) is 1. The second-order valence-corrected chi connectivity index (χ2v) is 2.48. The standard InChI is InChI=1S/C5H6F2N2/c6-5(7)1-4(9,2-5)3-8/h1-2,9H2. The van der Waals surface area contributed by atoms with Gasteiger partial charge in [-0.2, -0.15) is 5.26 Å². The summed E-state index contributed by atoms with van der Waals surface area (Å²) in [6.07, 6.45) is -0.979. The normalized spacial score (nSPS) is 28.2. The first kappa shape index (κ1) is 6.43. The third-order valence-electron chi connectivity index (χ3n) is 1.37. The van der Waals surface area contributed by atoms with E-state index in [1.54, 1.807) is 6.07 Å². The van der Waals surface area contributed by atoms with E-state index in [1.807, 2.05) is 0 Å². The Hall–Kier alpha value is -0.690. The van der Waals surface area contributed by atoms with E-state index in [0.29, 0.717) is 0 Å². The molecular formula is C5H6F2N2. The molecule has 0 aromatic heterocycles. The highest BCUT2D eigenvalue weighted by Gasteiger charge is 2.54. The van der Waals surface area contributed by atoms with E-state index in [4.69, 9.17) is 11.0 Å². The first-order valence-electron chi connectivity index (χ1n) is 2.55. The van der Waals surface area contributed by atoms with Crippen molar-refractivity contribution in [3.05, 3.63) is 0 Å². The van der Waals surface area contributed by atoms with Gasteiger partial charge in [-0.25, -0.2) is 8.78 Å². The molecule has 0 aliphatic heterocycles. The van der Waals surface area contributed by atoms with Crippen LogP contribution < -0.4 is 5.73 Å². The number of rotatable bonds is 0. The van der Waals surface area contributed by atoms with Gasteiger partial charge < -0.3 is 5.73 Å². The van der Waals surface area contributed by atoms with Gasteiger partial charge in [-0.1, -0.05) is 0 Å². The lowest BCUT2D eigenvalue weighted by atomic mass is 9.75. The Morgan fingerprint density at radius 1 is 1.44 bits per heavy atom. The van der Waals surface area contributed by atoms with Crippen LogP contribution in [-0.2, 0) is 0 Å². The van der Waals surface area contributed by atoms with E-state index < -0.39 is 24.3 Å². The van der Waals surface area contributed by atoms with Gasteiger partial charge in [0.25, 0.3) is 5.92 Å². The lowest BCUT2D eigenvalue weighted by molar-refractivity contribution is -0.104. The van der Waals surface area contributed by atoms with Gasteiger partial charge in [0.2, 0.25) is 0 Å². The van der Waals surface area contributed by atoms with Crippen LogP contribution in [0.15, 0.2) is 0 Å². The molecule has 0 heterocycles. The molecule has 1 saturated carbocycles. The average Bonchev–Trinajstić information content (AvgIpc) is 1.61. The van der Waals surface area contributed by atoms with Gasteiger partial charge in [0.1, 0.15) is 5.54 Å². The van der Waals surface area contributed by atoms with Crippen LogP contribution in [0.2, 0.25) is 0 Å². The van der Waals surface area contributed by atoms with Crippen molar-refractivity contribution in [1.82, 2.24) is 0 Å². The predicted octanol–water partition coefficient (Wildman–Crippen LogP) is 0.637. The maximum Gasteiger partial charge on any atom is 0.253 e. The molecule has 0 amide bonds. The number of nitriles is 1. The smallest absolute Gasteiger partial charge is 0.253 e. The molecule has 4 heteroatoms. The van der Waals surface area contributed by atoms with Crippen molar-refractivity contribution in [3.63, 3.8) is 0 Å². The zero-order chi connectivity index (χ0) is 7.12. The summed E-state index contributed by atoms with van der Waals surface area (Å²) < 4.78 is 24.0. The van der Waals surface area contributed by atoms with E-state index in [9.17, 15) is 8.78 Å². The van der Waals surface area contributed by atoms with Crippen LogP contribution in [0.4, 0.5) is 8.78 Å². The Labute approximate surface area is 51.3 Å². The summed E-state index contributed by atoms with van der Waals surface area (Å²) in [5, 5.41) is 8.17. The van der Waals surface area contributed by atoms with Crippen molar-refractivity contribution in [1.29, 1.82) is 5.26 Å². The molecule has 0 bridgehead atoms. The Bertz CT molecular complexity index is 162. The molecule has 0 unspecified atom stereocenters. The Kier molecular flexibility index (Phi) is 1.02. The van der Waals surface area contributed by atoms with E-state index >= 15 is 0 Å². The van der Waals surface area contributed by atoms with Gasteiger partial charge in [0.15, 0.2) is 0 Å². The van der Waals surface area contributed by atoms with Crippen molar-refractivity contribution < 1.29 is 8.78 Å². The number of halogens is 2. The van der Waals surface area contributed by atoms with Crippen LogP contribution in [-0.4, -0.2) is 11.5 Å². The molecule has 1 aliphatic rings. The maximum absolute atomic E-state index is 12.0. The van der Waals surface area contributed by atoms with Crippen LogP contribution in [0, 0.1) is 11.3 Å². The van der Waals surface area contributed by atoms with Gasteiger partial charge in [-0.05, 0) is 0 Å².